The summed E-state index contributed by atoms with van der Waals surface area (Å²) in [7, 11) is 0. The molecule has 6 atom stereocenters. The highest BCUT2D eigenvalue weighted by Crippen LogP contribution is 2.45. The molecule has 10 nitrogen and oxygen atoms in total. The summed E-state index contributed by atoms with van der Waals surface area (Å²) < 4.78 is 35.0. The van der Waals surface area contributed by atoms with Gasteiger partial charge >= 0.3 is 0 Å². The SMILES string of the molecule is C[C@H]1NC(=O)c2ccc(Cl)nc2CCCCCn2c(-c3nc4cc(C(=O)N5C[C@H](N)[C@H]6CC[C@H]5C6)cc(F)c4n3C3C[C@H]3F)cc3ccc1nc32. The lowest BCUT2D eigenvalue weighted by atomic mass is 9.94. The molecule has 4 bridgehead atoms. The number of carbonyl (C=O) groups is 2. The number of benzene rings is 1. The number of aryl methyl sites for hydroxylation is 2. The third-order valence-corrected chi connectivity index (χ3v) is 11.6. The van der Waals surface area contributed by atoms with Crippen molar-refractivity contribution in [2.24, 2.45) is 11.7 Å². The molecule has 0 spiro atoms. The topological polar surface area (TPSA) is 124 Å². The molecule has 9 rings (SSSR count). The Labute approximate surface area is 298 Å². The van der Waals surface area contributed by atoms with E-state index in [1.807, 2.05) is 25.1 Å². The first-order chi connectivity index (χ1) is 24.6. The van der Waals surface area contributed by atoms with Crippen LogP contribution in [-0.2, 0) is 13.0 Å². The van der Waals surface area contributed by atoms with Crippen LogP contribution in [0, 0.1) is 11.7 Å². The smallest absolute Gasteiger partial charge is 0.254 e. The number of piperidine rings is 1. The van der Waals surface area contributed by atoms with Crippen molar-refractivity contribution in [2.75, 3.05) is 6.54 Å². The number of rotatable bonds is 3. The molecule has 2 saturated carbocycles. The fourth-order valence-electron chi connectivity index (χ4n) is 8.59. The molecule has 2 amide bonds. The molecule has 51 heavy (non-hydrogen) atoms. The maximum Gasteiger partial charge on any atom is 0.254 e. The predicted molar refractivity (Wildman–Crippen MR) is 190 cm³/mol. The number of alkyl halides is 1. The Morgan fingerprint density at radius 1 is 1.04 bits per heavy atom. The molecule has 2 aliphatic carbocycles. The summed E-state index contributed by atoms with van der Waals surface area (Å²) in [5.41, 5.74) is 10.4. The molecule has 0 radical (unpaired) electrons. The zero-order valence-electron chi connectivity index (χ0n) is 28.3. The maximum atomic E-state index is 16.3. The van der Waals surface area contributed by atoms with Gasteiger partial charge in [-0.2, -0.15) is 0 Å². The molecule has 13 heteroatoms. The lowest BCUT2D eigenvalue weighted by Crippen LogP contribution is -2.51. The maximum absolute atomic E-state index is 16.3. The molecule has 3 N–H and O–H groups in total. The van der Waals surface area contributed by atoms with E-state index in [0.29, 0.717) is 70.2 Å². The lowest BCUT2D eigenvalue weighted by Gasteiger charge is -2.37. The van der Waals surface area contributed by atoms with Crippen LogP contribution in [-0.4, -0.2) is 65.6 Å². The lowest BCUT2D eigenvalue weighted by molar-refractivity contribution is 0.0603. The van der Waals surface area contributed by atoms with Crippen molar-refractivity contribution in [3.8, 4) is 11.5 Å². The Kier molecular flexibility index (Phi) is 7.88. The van der Waals surface area contributed by atoms with Gasteiger partial charge in [-0.25, -0.2) is 23.7 Å². The minimum atomic E-state index is -1.13. The van der Waals surface area contributed by atoms with Crippen LogP contribution >= 0.6 is 11.6 Å². The highest BCUT2D eigenvalue weighted by molar-refractivity contribution is 6.29. The fraction of sp³-hybridized carbons (Fsp3) is 0.447. The van der Waals surface area contributed by atoms with Crippen molar-refractivity contribution in [1.82, 2.24) is 34.3 Å². The zero-order valence-corrected chi connectivity index (χ0v) is 29.0. The van der Waals surface area contributed by atoms with Gasteiger partial charge in [-0.05, 0) is 93.8 Å². The first kappa shape index (κ1) is 32.5. The van der Waals surface area contributed by atoms with E-state index in [2.05, 4.69) is 14.9 Å². The van der Waals surface area contributed by atoms with Crippen LogP contribution in [0.3, 0.4) is 0 Å². The van der Waals surface area contributed by atoms with Crippen LogP contribution < -0.4 is 11.1 Å². The van der Waals surface area contributed by atoms with Gasteiger partial charge in [-0.15, -0.1) is 0 Å². The summed E-state index contributed by atoms with van der Waals surface area (Å²) in [5.74, 6) is -0.232. The number of aromatic nitrogens is 5. The van der Waals surface area contributed by atoms with Gasteiger partial charge in [-0.1, -0.05) is 18.0 Å². The number of imidazole rings is 1. The van der Waals surface area contributed by atoms with Crippen molar-refractivity contribution < 1.29 is 18.4 Å². The summed E-state index contributed by atoms with van der Waals surface area (Å²) in [6.45, 7) is 2.92. The van der Waals surface area contributed by atoms with Gasteiger partial charge in [0.2, 0.25) is 0 Å². The standard InChI is InChI=1S/C38H39ClF2N8O2/c1-19-28-10-7-21-16-32(47(35(21)45-28)12-4-2-3-5-29-24(37(50)43-19)9-11-33(39)44-29)36-46-30-15-22(14-26(41)34(30)49(36)31-17-25(31)40)38(51)48-18-27(42)20-6-8-23(48)13-20/h7,9-11,14-16,19-20,23,25,27,31H,2-6,8,12-13,17-18,42H2,1H3,(H,43,50)/t19-,20+,23+,25-,27+,31?/m1/s1. The van der Waals surface area contributed by atoms with Gasteiger partial charge in [0.15, 0.2) is 5.82 Å². The summed E-state index contributed by atoms with van der Waals surface area (Å²) in [5, 5.41) is 4.26. The van der Waals surface area contributed by atoms with E-state index in [4.69, 9.17) is 27.3 Å². The molecule has 4 aromatic heterocycles. The second-order valence-electron chi connectivity index (χ2n) is 14.8. The number of amides is 2. The average molecular weight is 713 g/mol. The van der Waals surface area contributed by atoms with Crippen molar-refractivity contribution in [3.05, 3.63) is 75.9 Å². The second kappa shape index (κ2) is 12.4. The zero-order chi connectivity index (χ0) is 35.1. The van der Waals surface area contributed by atoms with Crippen molar-refractivity contribution in [3.63, 3.8) is 0 Å². The van der Waals surface area contributed by atoms with E-state index in [1.165, 1.54) is 6.07 Å². The van der Waals surface area contributed by atoms with Crippen LogP contribution in [0.5, 0.6) is 0 Å². The quantitative estimate of drug-likeness (QED) is 0.201. The van der Waals surface area contributed by atoms with Gasteiger partial charge < -0.3 is 25.1 Å². The number of halogens is 3. The highest BCUT2D eigenvalue weighted by atomic mass is 35.5. The third kappa shape index (κ3) is 5.58. The molecular formula is C38H39ClF2N8O2. The number of likely N-dealkylation sites (tertiary alicyclic amines) is 1. The number of nitrogens with zero attached hydrogens (tertiary/aromatic N) is 6. The van der Waals surface area contributed by atoms with Crippen LogP contribution in [0.2, 0.25) is 5.15 Å². The van der Waals surface area contributed by atoms with Gasteiger partial charge in [-0.3, -0.25) is 9.59 Å². The van der Waals surface area contributed by atoms with Crippen LogP contribution in [0.1, 0.15) is 96.1 Å². The summed E-state index contributed by atoms with van der Waals surface area (Å²) in [6, 6.07) is 11.1. The van der Waals surface area contributed by atoms with Crippen LogP contribution in [0.15, 0.2) is 42.5 Å². The highest BCUT2D eigenvalue weighted by Gasteiger charge is 2.44. The molecule has 5 aromatic rings. The Balaban J connectivity index is 1.13. The van der Waals surface area contributed by atoms with E-state index in [0.717, 1.165) is 43.9 Å². The van der Waals surface area contributed by atoms with Crippen molar-refractivity contribution in [2.45, 2.75) is 95.2 Å². The van der Waals surface area contributed by atoms with Crippen LogP contribution in [0.4, 0.5) is 8.78 Å². The molecular weight excluding hydrogens is 674 g/mol. The number of fused-ring (bicyclic) bond motifs is 5. The summed E-state index contributed by atoms with van der Waals surface area (Å²) >= 11 is 6.21. The number of carbonyl (C=O) groups excluding carboxylic acids is 2. The normalized spacial score (nSPS) is 26.4. The first-order valence-electron chi connectivity index (χ1n) is 18.0. The number of hydrogen-bond donors (Lipinski definition) is 2. The molecule has 3 fully saturated rings. The number of nitrogens with one attached hydrogen (secondary N) is 1. The van der Waals surface area contributed by atoms with Crippen LogP contribution in [0.25, 0.3) is 33.6 Å². The largest absolute Gasteiger partial charge is 0.344 e. The predicted octanol–water partition coefficient (Wildman–Crippen LogP) is 6.69. The summed E-state index contributed by atoms with van der Waals surface area (Å²) in [6.07, 6.45) is 4.89. The van der Waals surface area contributed by atoms with E-state index in [-0.39, 0.29) is 41.4 Å². The Hall–Kier alpha value is -4.42. The molecule has 1 saturated heterocycles. The third-order valence-electron chi connectivity index (χ3n) is 11.4. The molecule has 2 aliphatic heterocycles. The van der Waals surface area contributed by atoms with Gasteiger partial charge in [0.1, 0.15) is 28.3 Å². The molecule has 6 heterocycles. The minimum absolute atomic E-state index is 0.0902. The van der Waals surface area contributed by atoms with E-state index in [1.54, 1.807) is 27.7 Å². The number of nitrogens with two attached hydrogens (primary N) is 1. The minimum Gasteiger partial charge on any atom is -0.344 e. The number of pyridine rings is 2. The van der Waals surface area contributed by atoms with Crippen molar-refractivity contribution in [1.29, 1.82) is 0 Å². The first-order valence-corrected chi connectivity index (χ1v) is 18.4. The Morgan fingerprint density at radius 2 is 1.88 bits per heavy atom. The monoisotopic (exact) mass is 712 g/mol. The second-order valence-corrected chi connectivity index (χ2v) is 15.2. The van der Waals surface area contributed by atoms with Gasteiger partial charge in [0.25, 0.3) is 11.8 Å². The Bertz CT molecular complexity index is 2230. The molecule has 4 aliphatic rings. The van der Waals surface area contributed by atoms with E-state index in [9.17, 15) is 14.0 Å². The fourth-order valence-corrected chi connectivity index (χ4v) is 8.75. The summed E-state index contributed by atoms with van der Waals surface area (Å²) in [4.78, 5) is 43.5. The number of hydrogen-bond acceptors (Lipinski definition) is 6. The van der Waals surface area contributed by atoms with Gasteiger partial charge in [0, 0.05) is 42.5 Å². The molecule has 1 aromatic carbocycles. The van der Waals surface area contributed by atoms with E-state index >= 15 is 4.39 Å². The molecule has 1 unspecified atom stereocenters. The average Bonchev–Trinajstić information content (AvgIpc) is 3.42. The van der Waals surface area contributed by atoms with Gasteiger partial charge in [0.05, 0.1) is 40.2 Å². The van der Waals surface area contributed by atoms with Crippen molar-refractivity contribution >= 4 is 45.5 Å². The molecule has 264 valence electrons. The van der Waals surface area contributed by atoms with E-state index < -0.39 is 24.1 Å². The Morgan fingerprint density at radius 3 is 2.71 bits per heavy atom.